The van der Waals surface area contributed by atoms with Crippen LogP contribution in [0.15, 0.2) is 65.1 Å². The summed E-state index contributed by atoms with van der Waals surface area (Å²) in [4.78, 5) is 0. The molecule has 1 heteroatoms. The van der Waals surface area contributed by atoms with Crippen LogP contribution in [0.5, 0.6) is 0 Å². The van der Waals surface area contributed by atoms with Crippen LogP contribution in [0.1, 0.15) is 11.1 Å². The first-order valence-corrected chi connectivity index (χ1v) is 7.96. The molecule has 0 N–H and O–H groups in total. The third-order valence-corrected chi connectivity index (χ3v) is 5.02. The fraction of sp³-hybridized carbons (Fsp3) is 0.0909. The van der Waals surface area contributed by atoms with E-state index >= 15 is 0 Å². The van der Waals surface area contributed by atoms with Gasteiger partial charge in [0.05, 0.1) is 0 Å². The predicted octanol–water partition coefficient (Wildman–Crippen LogP) is 6.51. The second-order valence-corrected chi connectivity index (χ2v) is 6.34. The van der Waals surface area contributed by atoms with E-state index in [1.54, 1.807) is 0 Å². The van der Waals surface area contributed by atoms with Crippen LogP contribution in [-0.4, -0.2) is 0 Å². The Kier molecular flexibility index (Phi) is 2.41. The molecule has 0 spiro atoms. The van der Waals surface area contributed by atoms with Crippen molar-refractivity contribution in [2.24, 2.45) is 0 Å². The van der Waals surface area contributed by atoms with Crippen molar-refractivity contribution in [3.8, 4) is 0 Å². The van der Waals surface area contributed by atoms with Gasteiger partial charge in [0, 0.05) is 10.8 Å². The average molecular weight is 296 g/mol. The lowest BCUT2D eigenvalue weighted by Crippen LogP contribution is -1.79. The number of fused-ring (bicyclic) bond motifs is 6. The fourth-order valence-electron chi connectivity index (χ4n) is 3.57. The molecule has 0 saturated heterocycles. The molecular formula is C22H16O. The van der Waals surface area contributed by atoms with Gasteiger partial charge in [0.1, 0.15) is 11.2 Å². The Morgan fingerprint density at radius 1 is 0.652 bits per heavy atom. The molecule has 1 heterocycles. The molecular weight excluding hydrogens is 280 g/mol. The van der Waals surface area contributed by atoms with Crippen LogP contribution < -0.4 is 0 Å². The van der Waals surface area contributed by atoms with Gasteiger partial charge >= 0.3 is 0 Å². The predicted molar refractivity (Wildman–Crippen MR) is 98.2 cm³/mol. The highest BCUT2D eigenvalue weighted by atomic mass is 16.3. The Balaban J connectivity index is 2.01. The van der Waals surface area contributed by atoms with E-state index in [9.17, 15) is 0 Å². The first kappa shape index (κ1) is 12.7. The van der Waals surface area contributed by atoms with Gasteiger partial charge in [-0.2, -0.15) is 0 Å². The smallest absolute Gasteiger partial charge is 0.138 e. The largest absolute Gasteiger partial charge is 0.456 e. The standard InChI is InChI=1S/C22H16O/c1-13-7-10-18-20-11-16-9-8-15-5-3-4-6-17(15)19(16)12-21(20)23-22(18)14(13)2/h3-12H,1-2H3. The summed E-state index contributed by atoms with van der Waals surface area (Å²) in [5, 5.41) is 7.47. The summed E-state index contributed by atoms with van der Waals surface area (Å²) in [6.07, 6.45) is 0. The Labute approximate surface area is 134 Å². The van der Waals surface area contributed by atoms with Crippen molar-refractivity contribution in [2.75, 3.05) is 0 Å². The van der Waals surface area contributed by atoms with Gasteiger partial charge in [-0.05, 0) is 58.7 Å². The third-order valence-electron chi connectivity index (χ3n) is 5.02. The van der Waals surface area contributed by atoms with Crippen molar-refractivity contribution >= 4 is 43.5 Å². The summed E-state index contributed by atoms with van der Waals surface area (Å²) in [6, 6.07) is 21.7. The zero-order chi connectivity index (χ0) is 15.6. The van der Waals surface area contributed by atoms with Gasteiger partial charge in [0.2, 0.25) is 0 Å². The SMILES string of the molecule is Cc1ccc2c(oc3cc4c(ccc5ccccc54)cc32)c1C. The summed E-state index contributed by atoms with van der Waals surface area (Å²) < 4.78 is 6.22. The van der Waals surface area contributed by atoms with Crippen molar-refractivity contribution in [3.63, 3.8) is 0 Å². The number of aryl methyl sites for hydroxylation is 2. The van der Waals surface area contributed by atoms with E-state index in [0.29, 0.717) is 0 Å². The topological polar surface area (TPSA) is 13.1 Å². The number of hydrogen-bond donors (Lipinski definition) is 0. The first-order valence-electron chi connectivity index (χ1n) is 7.96. The quantitative estimate of drug-likeness (QED) is 0.297. The maximum Gasteiger partial charge on any atom is 0.138 e. The van der Waals surface area contributed by atoms with E-state index in [4.69, 9.17) is 4.42 Å². The molecule has 0 unspecified atom stereocenters. The Hall–Kier alpha value is -2.80. The Bertz CT molecular complexity index is 1220. The van der Waals surface area contributed by atoms with Crippen LogP contribution in [0, 0.1) is 13.8 Å². The van der Waals surface area contributed by atoms with Crippen LogP contribution in [0.2, 0.25) is 0 Å². The molecule has 0 aliphatic rings. The molecule has 1 nitrogen and oxygen atoms in total. The molecule has 0 aliphatic carbocycles. The average Bonchev–Trinajstić information content (AvgIpc) is 2.94. The van der Waals surface area contributed by atoms with E-state index in [2.05, 4.69) is 74.5 Å². The molecule has 0 bridgehead atoms. The molecule has 0 atom stereocenters. The van der Waals surface area contributed by atoms with E-state index in [0.717, 1.165) is 11.2 Å². The van der Waals surface area contributed by atoms with Gasteiger partial charge in [-0.1, -0.05) is 48.5 Å². The summed E-state index contributed by atoms with van der Waals surface area (Å²) in [7, 11) is 0. The number of furan rings is 1. The van der Waals surface area contributed by atoms with Crippen LogP contribution in [0.25, 0.3) is 43.5 Å². The fourth-order valence-corrected chi connectivity index (χ4v) is 3.57. The van der Waals surface area contributed by atoms with Crippen molar-refractivity contribution < 1.29 is 4.42 Å². The molecule has 0 amide bonds. The molecule has 0 fully saturated rings. The van der Waals surface area contributed by atoms with Gasteiger partial charge in [-0.3, -0.25) is 0 Å². The van der Waals surface area contributed by atoms with E-state index < -0.39 is 0 Å². The van der Waals surface area contributed by atoms with Crippen molar-refractivity contribution in [1.82, 2.24) is 0 Å². The van der Waals surface area contributed by atoms with Crippen LogP contribution in [-0.2, 0) is 0 Å². The number of rotatable bonds is 0. The first-order chi connectivity index (χ1) is 11.2. The number of benzene rings is 4. The molecule has 23 heavy (non-hydrogen) atoms. The lowest BCUT2D eigenvalue weighted by Gasteiger charge is -2.03. The minimum Gasteiger partial charge on any atom is -0.456 e. The van der Waals surface area contributed by atoms with Crippen LogP contribution >= 0.6 is 0 Å². The Morgan fingerprint density at radius 2 is 1.48 bits per heavy atom. The second kappa shape index (κ2) is 4.36. The van der Waals surface area contributed by atoms with Gasteiger partial charge in [0.25, 0.3) is 0 Å². The van der Waals surface area contributed by atoms with E-state index in [1.165, 1.54) is 43.4 Å². The van der Waals surface area contributed by atoms with Crippen molar-refractivity contribution in [2.45, 2.75) is 13.8 Å². The van der Waals surface area contributed by atoms with Crippen LogP contribution in [0.3, 0.4) is 0 Å². The maximum atomic E-state index is 6.22. The molecule has 4 aromatic carbocycles. The molecule has 5 rings (SSSR count). The zero-order valence-corrected chi connectivity index (χ0v) is 13.2. The minimum atomic E-state index is 0.970. The maximum absolute atomic E-state index is 6.22. The minimum absolute atomic E-state index is 0.970. The van der Waals surface area contributed by atoms with Gasteiger partial charge in [0.15, 0.2) is 0 Å². The second-order valence-electron chi connectivity index (χ2n) is 6.34. The lowest BCUT2D eigenvalue weighted by atomic mass is 9.99. The molecule has 0 saturated carbocycles. The van der Waals surface area contributed by atoms with Crippen molar-refractivity contribution in [1.29, 1.82) is 0 Å². The molecule has 1 aromatic heterocycles. The monoisotopic (exact) mass is 296 g/mol. The normalized spacial score (nSPS) is 11.9. The highest BCUT2D eigenvalue weighted by Crippen LogP contribution is 2.36. The van der Waals surface area contributed by atoms with Gasteiger partial charge < -0.3 is 4.42 Å². The summed E-state index contributed by atoms with van der Waals surface area (Å²) >= 11 is 0. The van der Waals surface area contributed by atoms with Crippen LogP contribution in [0.4, 0.5) is 0 Å². The molecule has 0 radical (unpaired) electrons. The summed E-state index contributed by atoms with van der Waals surface area (Å²) in [5.74, 6) is 0. The molecule has 110 valence electrons. The lowest BCUT2D eigenvalue weighted by molar-refractivity contribution is 0.666. The third kappa shape index (κ3) is 1.68. The van der Waals surface area contributed by atoms with Gasteiger partial charge in [-0.15, -0.1) is 0 Å². The highest BCUT2D eigenvalue weighted by Gasteiger charge is 2.12. The Morgan fingerprint density at radius 3 is 2.39 bits per heavy atom. The summed E-state index contributed by atoms with van der Waals surface area (Å²) in [6.45, 7) is 4.27. The number of hydrogen-bond acceptors (Lipinski definition) is 1. The zero-order valence-electron chi connectivity index (χ0n) is 13.2. The summed E-state index contributed by atoms with van der Waals surface area (Å²) in [5.41, 5.74) is 4.48. The van der Waals surface area contributed by atoms with Crippen molar-refractivity contribution in [3.05, 3.63) is 71.8 Å². The molecule has 5 aromatic rings. The highest BCUT2D eigenvalue weighted by molar-refractivity contribution is 6.16. The van der Waals surface area contributed by atoms with Gasteiger partial charge in [-0.25, -0.2) is 0 Å². The van der Waals surface area contributed by atoms with E-state index in [1.807, 2.05) is 0 Å². The van der Waals surface area contributed by atoms with E-state index in [-0.39, 0.29) is 0 Å². The molecule has 0 aliphatic heterocycles.